The zero-order valence-corrected chi connectivity index (χ0v) is 21.0. The molecule has 2 heterocycles. The van der Waals surface area contributed by atoms with Gasteiger partial charge in [0.1, 0.15) is 17.3 Å². The largest absolute Gasteiger partial charge is 0.484 e. The van der Waals surface area contributed by atoms with Crippen molar-refractivity contribution < 1.29 is 28.3 Å². The summed E-state index contributed by atoms with van der Waals surface area (Å²) in [5.74, 6) is 0.741. The molecular formula is C28H27ClN2O6. The van der Waals surface area contributed by atoms with Crippen molar-refractivity contribution in [2.75, 3.05) is 18.1 Å². The molecular weight excluding hydrogens is 496 g/mol. The smallest absolute Gasteiger partial charge is 0.287 e. The van der Waals surface area contributed by atoms with Gasteiger partial charge in [-0.1, -0.05) is 43.0 Å². The van der Waals surface area contributed by atoms with Gasteiger partial charge in [0.2, 0.25) is 0 Å². The molecule has 1 aliphatic heterocycles. The molecule has 2 amide bonds. The number of ether oxygens (including phenoxy) is 2. The van der Waals surface area contributed by atoms with E-state index in [0.29, 0.717) is 33.5 Å². The van der Waals surface area contributed by atoms with E-state index in [9.17, 15) is 14.4 Å². The van der Waals surface area contributed by atoms with Gasteiger partial charge in [0, 0.05) is 11.6 Å². The highest BCUT2D eigenvalue weighted by Crippen LogP contribution is 2.34. The van der Waals surface area contributed by atoms with Gasteiger partial charge in [-0.25, -0.2) is 0 Å². The second-order valence-electron chi connectivity index (χ2n) is 9.17. The second-order valence-corrected chi connectivity index (χ2v) is 9.57. The number of para-hydroxylation sites is 1. The van der Waals surface area contributed by atoms with Gasteiger partial charge in [-0.15, -0.1) is 0 Å². The van der Waals surface area contributed by atoms with Crippen LogP contribution in [0, 0.1) is 0 Å². The molecule has 192 valence electrons. The molecule has 0 spiro atoms. The van der Waals surface area contributed by atoms with E-state index in [1.54, 1.807) is 54.6 Å². The SMILES string of the molecule is O=C(COc1ccccc1Cl)c1ccc2c(c1)N(Cc1ccc(C(=O)NC3CCCCC3)o1)C(=O)CO2. The van der Waals surface area contributed by atoms with Crippen molar-refractivity contribution in [3.05, 3.63) is 76.7 Å². The molecule has 0 radical (unpaired) electrons. The van der Waals surface area contributed by atoms with Gasteiger partial charge in [0.15, 0.2) is 24.8 Å². The molecule has 1 saturated carbocycles. The highest BCUT2D eigenvalue weighted by atomic mass is 35.5. The fourth-order valence-electron chi connectivity index (χ4n) is 4.58. The number of furan rings is 1. The van der Waals surface area contributed by atoms with E-state index in [1.165, 1.54) is 11.3 Å². The summed E-state index contributed by atoms with van der Waals surface area (Å²) in [4.78, 5) is 39.7. The first-order valence-corrected chi connectivity index (χ1v) is 12.7. The number of ketones is 1. The maximum atomic E-state index is 12.8. The van der Waals surface area contributed by atoms with Crippen LogP contribution in [0.2, 0.25) is 5.02 Å². The maximum absolute atomic E-state index is 12.8. The normalized spacial score (nSPS) is 15.6. The monoisotopic (exact) mass is 522 g/mol. The molecule has 9 heteroatoms. The Hall–Kier alpha value is -3.78. The third kappa shape index (κ3) is 5.80. The van der Waals surface area contributed by atoms with Gasteiger partial charge in [0.25, 0.3) is 11.8 Å². The Morgan fingerprint density at radius 3 is 2.68 bits per heavy atom. The van der Waals surface area contributed by atoms with Crippen molar-refractivity contribution in [1.29, 1.82) is 0 Å². The number of carbonyl (C=O) groups excluding carboxylic acids is 3. The van der Waals surface area contributed by atoms with Crippen LogP contribution in [0.1, 0.15) is 58.8 Å². The lowest BCUT2D eigenvalue weighted by Crippen LogP contribution is -2.38. The van der Waals surface area contributed by atoms with Crippen LogP contribution in [-0.4, -0.2) is 36.9 Å². The van der Waals surface area contributed by atoms with Crippen molar-refractivity contribution in [3.8, 4) is 11.5 Å². The fourth-order valence-corrected chi connectivity index (χ4v) is 4.77. The predicted octanol–water partition coefficient (Wildman–Crippen LogP) is 5.18. The molecule has 1 fully saturated rings. The average Bonchev–Trinajstić information content (AvgIpc) is 3.39. The Morgan fingerprint density at radius 1 is 1.05 bits per heavy atom. The fraction of sp³-hybridized carbons (Fsp3) is 0.321. The molecule has 2 aromatic carbocycles. The summed E-state index contributed by atoms with van der Waals surface area (Å²) in [7, 11) is 0. The minimum Gasteiger partial charge on any atom is -0.484 e. The van der Waals surface area contributed by atoms with E-state index in [0.717, 1.165) is 25.7 Å². The number of halogens is 1. The Labute approximate surface area is 219 Å². The Kier molecular flexibility index (Phi) is 7.46. The van der Waals surface area contributed by atoms with Crippen LogP contribution in [0.15, 0.2) is 59.0 Å². The number of amides is 2. The molecule has 1 N–H and O–H groups in total. The van der Waals surface area contributed by atoms with Crippen LogP contribution in [-0.2, 0) is 11.3 Å². The van der Waals surface area contributed by atoms with Crippen LogP contribution in [0.4, 0.5) is 5.69 Å². The summed E-state index contributed by atoms with van der Waals surface area (Å²) in [5.41, 5.74) is 0.811. The topological polar surface area (TPSA) is 98.1 Å². The van der Waals surface area contributed by atoms with Crippen molar-refractivity contribution in [2.45, 2.75) is 44.7 Å². The van der Waals surface area contributed by atoms with Gasteiger partial charge in [-0.3, -0.25) is 19.3 Å². The summed E-state index contributed by atoms with van der Waals surface area (Å²) in [6, 6.07) is 15.3. The number of rotatable bonds is 8. The first-order valence-electron chi connectivity index (χ1n) is 12.4. The summed E-state index contributed by atoms with van der Waals surface area (Å²) < 4.78 is 16.9. The molecule has 37 heavy (non-hydrogen) atoms. The van der Waals surface area contributed by atoms with E-state index in [2.05, 4.69) is 5.32 Å². The highest BCUT2D eigenvalue weighted by molar-refractivity contribution is 6.32. The third-order valence-corrected chi connectivity index (χ3v) is 6.87. The zero-order valence-electron chi connectivity index (χ0n) is 20.2. The van der Waals surface area contributed by atoms with E-state index in [1.807, 2.05) is 0 Å². The van der Waals surface area contributed by atoms with Gasteiger partial charge >= 0.3 is 0 Å². The second kappa shape index (κ2) is 11.1. The lowest BCUT2D eigenvalue weighted by molar-refractivity contribution is -0.121. The van der Waals surface area contributed by atoms with E-state index >= 15 is 0 Å². The summed E-state index contributed by atoms with van der Waals surface area (Å²) in [5, 5.41) is 3.45. The Bertz CT molecular complexity index is 1310. The lowest BCUT2D eigenvalue weighted by Gasteiger charge is -2.29. The molecule has 1 aromatic heterocycles. The number of benzene rings is 2. The number of hydrogen-bond acceptors (Lipinski definition) is 6. The summed E-state index contributed by atoms with van der Waals surface area (Å²) in [6.07, 6.45) is 5.38. The van der Waals surface area contributed by atoms with E-state index < -0.39 is 0 Å². The third-order valence-electron chi connectivity index (χ3n) is 6.56. The Balaban J connectivity index is 1.28. The summed E-state index contributed by atoms with van der Waals surface area (Å²) >= 11 is 6.10. The number of hydrogen-bond donors (Lipinski definition) is 1. The molecule has 2 aliphatic rings. The number of nitrogens with one attached hydrogen (secondary N) is 1. The van der Waals surface area contributed by atoms with E-state index in [-0.39, 0.29) is 49.2 Å². The molecule has 5 rings (SSSR count). The van der Waals surface area contributed by atoms with E-state index in [4.69, 9.17) is 25.5 Å². The number of anilines is 1. The molecule has 0 unspecified atom stereocenters. The van der Waals surface area contributed by atoms with Gasteiger partial charge in [0.05, 0.1) is 17.3 Å². The molecule has 0 bridgehead atoms. The first kappa shape index (κ1) is 24.9. The van der Waals surface area contributed by atoms with Gasteiger partial charge in [-0.2, -0.15) is 0 Å². The Morgan fingerprint density at radius 2 is 1.86 bits per heavy atom. The van der Waals surface area contributed by atoms with Crippen molar-refractivity contribution >= 4 is 34.9 Å². The van der Waals surface area contributed by atoms with Crippen molar-refractivity contribution in [2.24, 2.45) is 0 Å². The van der Waals surface area contributed by atoms with Crippen molar-refractivity contribution in [1.82, 2.24) is 5.32 Å². The number of Topliss-reactive ketones (excluding diaryl/α,β-unsaturated/α-hetero) is 1. The van der Waals surface area contributed by atoms with Crippen LogP contribution in [0.3, 0.4) is 0 Å². The number of fused-ring (bicyclic) bond motifs is 1. The molecule has 3 aromatic rings. The number of carbonyl (C=O) groups is 3. The quantitative estimate of drug-likeness (QED) is 0.409. The van der Waals surface area contributed by atoms with Crippen LogP contribution in [0.5, 0.6) is 11.5 Å². The van der Waals surface area contributed by atoms with Crippen LogP contribution >= 0.6 is 11.6 Å². The van der Waals surface area contributed by atoms with Gasteiger partial charge in [-0.05, 0) is 55.3 Å². The molecule has 1 aliphatic carbocycles. The zero-order chi connectivity index (χ0) is 25.8. The standard InChI is InChI=1S/C28H27ClN2O6/c29-21-8-4-5-9-24(21)35-16-23(32)18-10-12-25-22(14-18)31(27(33)17-36-25)15-20-11-13-26(37-20)28(34)30-19-6-2-1-3-7-19/h4-5,8-14,19H,1-3,6-7,15-17H2,(H,30,34). The van der Waals surface area contributed by atoms with Crippen LogP contribution in [0.25, 0.3) is 0 Å². The van der Waals surface area contributed by atoms with Gasteiger partial charge < -0.3 is 19.2 Å². The predicted molar refractivity (Wildman–Crippen MR) is 137 cm³/mol. The lowest BCUT2D eigenvalue weighted by atomic mass is 9.95. The van der Waals surface area contributed by atoms with Crippen molar-refractivity contribution in [3.63, 3.8) is 0 Å². The number of nitrogens with zero attached hydrogens (tertiary/aromatic N) is 1. The minimum atomic E-state index is -0.283. The van der Waals surface area contributed by atoms with Crippen LogP contribution < -0.4 is 19.7 Å². The molecule has 0 saturated heterocycles. The summed E-state index contributed by atoms with van der Waals surface area (Å²) in [6.45, 7) is -0.250. The average molecular weight is 523 g/mol. The first-order chi connectivity index (χ1) is 18.0. The maximum Gasteiger partial charge on any atom is 0.287 e. The highest BCUT2D eigenvalue weighted by Gasteiger charge is 2.28. The minimum absolute atomic E-state index is 0.0969. The molecule has 8 nitrogen and oxygen atoms in total. The molecule has 0 atom stereocenters.